The highest BCUT2D eigenvalue weighted by Crippen LogP contribution is 2.24. The number of thiazole rings is 1. The summed E-state index contributed by atoms with van der Waals surface area (Å²) < 4.78 is 40.2. The lowest BCUT2D eigenvalue weighted by molar-refractivity contribution is 0.574. The molecular formula is C16H20FN3O2S2. The summed E-state index contributed by atoms with van der Waals surface area (Å²) >= 11 is 1.60. The Kier molecular flexibility index (Phi) is 5.47. The van der Waals surface area contributed by atoms with Crippen LogP contribution in [0.1, 0.15) is 24.1 Å². The third-order valence-corrected chi connectivity index (χ3v) is 6.21. The summed E-state index contributed by atoms with van der Waals surface area (Å²) in [6, 6.07) is 5.92. The first-order valence-corrected chi connectivity index (χ1v) is 10.5. The van der Waals surface area contributed by atoms with Crippen molar-refractivity contribution in [1.82, 2.24) is 9.71 Å². The second-order valence-corrected chi connectivity index (χ2v) is 8.45. The molecule has 1 saturated heterocycles. The summed E-state index contributed by atoms with van der Waals surface area (Å²) in [4.78, 5) is 6.82. The van der Waals surface area contributed by atoms with Crippen molar-refractivity contribution in [2.75, 3.05) is 24.5 Å². The van der Waals surface area contributed by atoms with Gasteiger partial charge in [-0.15, -0.1) is 11.3 Å². The van der Waals surface area contributed by atoms with Gasteiger partial charge in [-0.2, -0.15) is 0 Å². The summed E-state index contributed by atoms with van der Waals surface area (Å²) in [5.41, 5.74) is 1.06. The van der Waals surface area contributed by atoms with Gasteiger partial charge in [0.1, 0.15) is 5.82 Å². The Morgan fingerprint density at radius 2 is 2.00 bits per heavy atom. The highest BCUT2D eigenvalue weighted by molar-refractivity contribution is 7.88. The van der Waals surface area contributed by atoms with Crippen LogP contribution in [-0.4, -0.2) is 33.0 Å². The summed E-state index contributed by atoms with van der Waals surface area (Å²) in [5, 5.41) is 2.98. The maximum Gasteiger partial charge on any atom is 0.215 e. The molecule has 1 fully saturated rings. The molecule has 3 rings (SSSR count). The Balaban J connectivity index is 1.51. The number of rotatable bonds is 7. The number of aromatic nitrogens is 1. The van der Waals surface area contributed by atoms with Crippen molar-refractivity contribution in [2.24, 2.45) is 0 Å². The van der Waals surface area contributed by atoms with E-state index in [1.807, 2.05) is 5.38 Å². The van der Waals surface area contributed by atoms with E-state index < -0.39 is 15.8 Å². The van der Waals surface area contributed by atoms with Gasteiger partial charge in [0.25, 0.3) is 0 Å². The van der Waals surface area contributed by atoms with Gasteiger partial charge in [-0.05, 0) is 18.9 Å². The number of nitrogens with zero attached hydrogens (tertiary/aromatic N) is 2. The fourth-order valence-electron chi connectivity index (χ4n) is 2.67. The Bertz CT molecular complexity index is 786. The predicted octanol–water partition coefficient (Wildman–Crippen LogP) is 2.54. The molecule has 5 nitrogen and oxygen atoms in total. The number of anilines is 1. The quantitative estimate of drug-likeness (QED) is 0.815. The molecule has 24 heavy (non-hydrogen) atoms. The molecule has 1 aliphatic heterocycles. The molecular weight excluding hydrogens is 349 g/mol. The molecule has 2 heterocycles. The first kappa shape index (κ1) is 17.3. The van der Waals surface area contributed by atoms with Crippen molar-refractivity contribution in [3.8, 4) is 0 Å². The smallest absolute Gasteiger partial charge is 0.215 e. The summed E-state index contributed by atoms with van der Waals surface area (Å²) in [5.74, 6) is -0.854. The van der Waals surface area contributed by atoms with E-state index in [1.165, 1.54) is 25.0 Å². The summed E-state index contributed by atoms with van der Waals surface area (Å²) in [6.07, 6.45) is 2.93. The van der Waals surface area contributed by atoms with Gasteiger partial charge in [0, 0.05) is 37.0 Å². The molecule has 0 radical (unpaired) electrons. The van der Waals surface area contributed by atoms with Crippen LogP contribution in [-0.2, 0) is 22.2 Å². The zero-order chi connectivity index (χ0) is 17.0. The maximum absolute atomic E-state index is 13.6. The van der Waals surface area contributed by atoms with Crippen LogP contribution in [0.4, 0.5) is 9.52 Å². The zero-order valence-corrected chi connectivity index (χ0v) is 14.9. The lowest BCUT2D eigenvalue weighted by Gasteiger charge is -2.12. The molecule has 1 aromatic heterocycles. The number of hydrogen-bond donors (Lipinski definition) is 1. The molecule has 8 heteroatoms. The van der Waals surface area contributed by atoms with Crippen LogP contribution >= 0.6 is 11.3 Å². The fraction of sp³-hybridized carbons (Fsp3) is 0.438. The minimum atomic E-state index is -3.56. The number of sulfonamides is 1. The maximum atomic E-state index is 13.6. The largest absolute Gasteiger partial charge is 0.348 e. The minimum absolute atomic E-state index is 0.176. The molecule has 0 atom stereocenters. The highest BCUT2D eigenvalue weighted by Gasteiger charge is 2.17. The second-order valence-electron chi connectivity index (χ2n) is 5.81. The van der Waals surface area contributed by atoms with Crippen molar-refractivity contribution >= 4 is 26.5 Å². The van der Waals surface area contributed by atoms with E-state index in [0.29, 0.717) is 6.42 Å². The Morgan fingerprint density at radius 1 is 1.25 bits per heavy atom. The Hall–Kier alpha value is -1.51. The second kappa shape index (κ2) is 7.58. The van der Waals surface area contributed by atoms with E-state index >= 15 is 0 Å². The number of benzene rings is 1. The molecule has 130 valence electrons. The molecule has 2 aromatic rings. The molecule has 0 unspecified atom stereocenters. The SMILES string of the molecule is O=S(=O)(Cc1ccccc1F)NCCc1csc(N2CCCC2)n1. The molecule has 0 bridgehead atoms. The van der Waals surface area contributed by atoms with Crippen LogP contribution in [0, 0.1) is 5.82 Å². The van der Waals surface area contributed by atoms with Gasteiger partial charge in [-0.25, -0.2) is 22.5 Å². The van der Waals surface area contributed by atoms with E-state index in [1.54, 1.807) is 23.5 Å². The van der Waals surface area contributed by atoms with Crippen molar-refractivity contribution < 1.29 is 12.8 Å². The zero-order valence-electron chi connectivity index (χ0n) is 13.2. The van der Waals surface area contributed by atoms with E-state index in [-0.39, 0.29) is 17.9 Å². The van der Waals surface area contributed by atoms with Gasteiger partial charge in [0.2, 0.25) is 10.0 Å². The lowest BCUT2D eigenvalue weighted by atomic mass is 10.2. The van der Waals surface area contributed by atoms with Gasteiger partial charge >= 0.3 is 0 Å². The molecule has 1 aliphatic rings. The third-order valence-electron chi connectivity index (χ3n) is 3.92. The van der Waals surface area contributed by atoms with Crippen LogP contribution in [0.15, 0.2) is 29.6 Å². The molecule has 1 aromatic carbocycles. The van der Waals surface area contributed by atoms with Crippen LogP contribution in [0.5, 0.6) is 0 Å². The van der Waals surface area contributed by atoms with Crippen LogP contribution in [0.25, 0.3) is 0 Å². The molecule has 0 amide bonds. The van der Waals surface area contributed by atoms with E-state index in [4.69, 9.17) is 0 Å². The van der Waals surface area contributed by atoms with E-state index in [0.717, 1.165) is 23.9 Å². The first-order valence-electron chi connectivity index (χ1n) is 7.93. The summed E-state index contributed by atoms with van der Waals surface area (Å²) in [6.45, 7) is 2.35. The normalized spacial score (nSPS) is 15.1. The number of halogens is 1. The topological polar surface area (TPSA) is 62.3 Å². The fourth-order valence-corrected chi connectivity index (χ4v) is 4.74. The van der Waals surface area contributed by atoms with E-state index in [9.17, 15) is 12.8 Å². The van der Waals surface area contributed by atoms with Gasteiger partial charge in [-0.1, -0.05) is 18.2 Å². The van der Waals surface area contributed by atoms with Crippen molar-refractivity contribution in [3.05, 3.63) is 46.7 Å². The van der Waals surface area contributed by atoms with Crippen molar-refractivity contribution in [3.63, 3.8) is 0 Å². The predicted molar refractivity (Wildman–Crippen MR) is 94.3 cm³/mol. The van der Waals surface area contributed by atoms with Crippen LogP contribution < -0.4 is 9.62 Å². The average molecular weight is 369 g/mol. The van der Waals surface area contributed by atoms with E-state index in [2.05, 4.69) is 14.6 Å². The Labute approximate surface area is 145 Å². The van der Waals surface area contributed by atoms with Crippen LogP contribution in [0.2, 0.25) is 0 Å². The van der Waals surface area contributed by atoms with Gasteiger partial charge in [0.15, 0.2) is 5.13 Å². The van der Waals surface area contributed by atoms with Crippen LogP contribution in [0.3, 0.4) is 0 Å². The molecule has 0 aliphatic carbocycles. The molecule has 0 spiro atoms. The summed E-state index contributed by atoms with van der Waals surface area (Å²) in [7, 11) is -3.56. The van der Waals surface area contributed by atoms with Crippen molar-refractivity contribution in [1.29, 1.82) is 0 Å². The van der Waals surface area contributed by atoms with Crippen molar-refractivity contribution in [2.45, 2.75) is 25.0 Å². The minimum Gasteiger partial charge on any atom is -0.348 e. The average Bonchev–Trinajstić information content (AvgIpc) is 3.20. The lowest BCUT2D eigenvalue weighted by Crippen LogP contribution is -2.27. The molecule has 1 N–H and O–H groups in total. The standard InChI is InChI=1S/C16H20FN3O2S2/c17-15-6-2-1-5-13(15)12-24(21,22)18-8-7-14-11-23-16(19-14)20-9-3-4-10-20/h1-2,5-6,11,18H,3-4,7-10,12H2. The number of nitrogens with one attached hydrogen (secondary N) is 1. The highest BCUT2D eigenvalue weighted by atomic mass is 32.2. The monoisotopic (exact) mass is 369 g/mol. The Morgan fingerprint density at radius 3 is 2.75 bits per heavy atom. The third kappa shape index (κ3) is 4.52. The van der Waals surface area contributed by atoms with Gasteiger partial charge in [-0.3, -0.25) is 0 Å². The number of hydrogen-bond acceptors (Lipinski definition) is 5. The first-order chi connectivity index (χ1) is 11.5. The van der Waals surface area contributed by atoms with Gasteiger partial charge < -0.3 is 4.90 Å². The van der Waals surface area contributed by atoms with Gasteiger partial charge in [0.05, 0.1) is 11.4 Å². The molecule has 0 saturated carbocycles.